The van der Waals surface area contributed by atoms with E-state index in [0.717, 1.165) is 19.5 Å². The van der Waals surface area contributed by atoms with Gasteiger partial charge in [-0.05, 0) is 49.4 Å². The average molecular weight is 308 g/mol. The Labute approximate surface area is 127 Å². The van der Waals surface area contributed by atoms with E-state index in [2.05, 4.69) is 5.32 Å². The van der Waals surface area contributed by atoms with Crippen molar-refractivity contribution >= 4 is 11.6 Å². The van der Waals surface area contributed by atoms with E-state index in [1.807, 2.05) is 0 Å². The Kier molecular flexibility index (Phi) is 4.27. The van der Waals surface area contributed by atoms with Crippen molar-refractivity contribution in [3.05, 3.63) is 53.3 Å². The summed E-state index contributed by atoms with van der Waals surface area (Å²) in [6.45, 7) is 1.77. The Morgan fingerprint density at radius 1 is 1.10 bits per heavy atom. The fourth-order valence-corrected chi connectivity index (χ4v) is 2.36. The smallest absolute Gasteiger partial charge is 0.170 e. The minimum atomic E-state index is -0.304. The Morgan fingerprint density at radius 3 is 2.62 bits per heavy atom. The van der Waals surface area contributed by atoms with Crippen molar-refractivity contribution in [2.75, 3.05) is 13.1 Å². The highest BCUT2D eigenvalue weighted by Crippen LogP contribution is 2.35. The molecule has 2 aromatic rings. The molecule has 1 saturated heterocycles. The number of hydrogen-bond donors (Lipinski definition) is 1. The summed E-state index contributed by atoms with van der Waals surface area (Å²) in [6, 6.07) is 11.1. The largest absolute Gasteiger partial charge is 0.485 e. The number of hydrogen-bond acceptors (Lipinski definition) is 3. The van der Waals surface area contributed by atoms with Crippen LogP contribution in [0, 0.1) is 5.82 Å². The monoisotopic (exact) mass is 307 g/mol. The highest BCUT2D eigenvalue weighted by atomic mass is 35.5. The van der Waals surface area contributed by atoms with Gasteiger partial charge in [0.05, 0.1) is 0 Å². The molecule has 21 heavy (non-hydrogen) atoms. The summed E-state index contributed by atoms with van der Waals surface area (Å²) in [5.74, 6) is 1.40. The summed E-state index contributed by atoms with van der Waals surface area (Å²) in [6.07, 6.45) is 1.08. The normalized spacial score (nSPS) is 17.7. The molecule has 1 atom stereocenters. The zero-order valence-corrected chi connectivity index (χ0v) is 12.1. The van der Waals surface area contributed by atoms with Crippen LogP contribution in [0.1, 0.15) is 6.42 Å². The summed E-state index contributed by atoms with van der Waals surface area (Å²) >= 11 is 6.02. The third-order valence-electron chi connectivity index (χ3n) is 3.26. The fourth-order valence-electron chi connectivity index (χ4n) is 2.20. The van der Waals surface area contributed by atoms with Gasteiger partial charge in [0, 0.05) is 17.6 Å². The topological polar surface area (TPSA) is 30.5 Å². The van der Waals surface area contributed by atoms with Crippen molar-refractivity contribution < 1.29 is 13.9 Å². The summed E-state index contributed by atoms with van der Waals surface area (Å²) < 4.78 is 24.6. The van der Waals surface area contributed by atoms with Crippen LogP contribution < -0.4 is 14.8 Å². The quantitative estimate of drug-likeness (QED) is 0.925. The first kappa shape index (κ1) is 14.2. The van der Waals surface area contributed by atoms with Crippen molar-refractivity contribution in [3.63, 3.8) is 0 Å². The predicted octanol–water partition coefficient (Wildman–Crippen LogP) is 4.01. The first-order chi connectivity index (χ1) is 10.2. The second kappa shape index (κ2) is 6.33. The molecule has 0 spiro atoms. The third kappa shape index (κ3) is 3.65. The van der Waals surface area contributed by atoms with E-state index in [0.29, 0.717) is 22.3 Å². The molecule has 0 aromatic heterocycles. The summed E-state index contributed by atoms with van der Waals surface area (Å²) in [5.41, 5.74) is 0. The maximum atomic E-state index is 12.9. The molecular formula is C16H15ClFNO2. The first-order valence-electron chi connectivity index (χ1n) is 6.81. The van der Waals surface area contributed by atoms with Crippen LogP contribution in [-0.4, -0.2) is 19.2 Å². The Morgan fingerprint density at radius 2 is 1.90 bits per heavy atom. The van der Waals surface area contributed by atoms with E-state index >= 15 is 0 Å². The van der Waals surface area contributed by atoms with Crippen molar-refractivity contribution in [1.82, 2.24) is 5.32 Å². The Hall–Kier alpha value is -1.78. The highest BCUT2D eigenvalue weighted by molar-refractivity contribution is 6.30. The SMILES string of the molecule is Fc1ccc(Oc2cc(Cl)ccc2O[C@H]2CCNC2)cc1. The van der Waals surface area contributed by atoms with E-state index in [4.69, 9.17) is 21.1 Å². The lowest BCUT2D eigenvalue weighted by atomic mass is 10.3. The van der Waals surface area contributed by atoms with Crippen LogP contribution in [0.3, 0.4) is 0 Å². The Bertz CT molecular complexity index is 612. The number of ether oxygens (including phenoxy) is 2. The van der Waals surface area contributed by atoms with Crippen LogP contribution in [-0.2, 0) is 0 Å². The molecule has 0 saturated carbocycles. The lowest BCUT2D eigenvalue weighted by molar-refractivity contribution is 0.215. The van der Waals surface area contributed by atoms with Gasteiger partial charge in [0.25, 0.3) is 0 Å². The van der Waals surface area contributed by atoms with Crippen LogP contribution in [0.5, 0.6) is 17.2 Å². The molecule has 1 aliphatic rings. The summed E-state index contributed by atoms with van der Waals surface area (Å²) in [4.78, 5) is 0. The van der Waals surface area contributed by atoms with Gasteiger partial charge in [-0.2, -0.15) is 0 Å². The maximum absolute atomic E-state index is 12.9. The number of nitrogens with one attached hydrogen (secondary N) is 1. The minimum absolute atomic E-state index is 0.127. The van der Waals surface area contributed by atoms with Crippen LogP contribution in [0.4, 0.5) is 4.39 Å². The molecule has 0 unspecified atom stereocenters. The zero-order chi connectivity index (χ0) is 14.7. The molecule has 1 N–H and O–H groups in total. The number of halogens is 2. The lowest BCUT2D eigenvalue weighted by Gasteiger charge is -2.16. The van der Waals surface area contributed by atoms with E-state index in [1.165, 1.54) is 12.1 Å². The Balaban J connectivity index is 1.81. The van der Waals surface area contributed by atoms with Crippen LogP contribution in [0.25, 0.3) is 0 Å². The standard InChI is InChI=1S/C16H15ClFNO2/c17-11-1-6-15(21-14-7-8-19-10-14)16(9-11)20-13-4-2-12(18)3-5-13/h1-6,9,14,19H,7-8,10H2/t14-/m0/s1. The second-order valence-electron chi connectivity index (χ2n) is 4.88. The summed E-state index contributed by atoms with van der Waals surface area (Å²) in [7, 11) is 0. The lowest BCUT2D eigenvalue weighted by Crippen LogP contribution is -2.19. The maximum Gasteiger partial charge on any atom is 0.170 e. The van der Waals surface area contributed by atoms with Gasteiger partial charge in [-0.3, -0.25) is 0 Å². The van der Waals surface area contributed by atoms with E-state index in [-0.39, 0.29) is 11.9 Å². The molecule has 1 heterocycles. The van der Waals surface area contributed by atoms with Crippen molar-refractivity contribution in [3.8, 4) is 17.2 Å². The predicted molar refractivity (Wildman–Crippen MR) is 79.8 cm³/mol. The van der Waals surface area contributed by atoms with Gasteiger partial charge >= 0.3 is 0 Å². The van der Waals surface area contributed by atoms with Gasteiger partial charge < -0.3 is 14.8 Å². The molecular weight excluding hydrogens is 293 g/mol. The van der Waals surface area contributed by atoms with Crippen LogP contribution in [0.2, 0.25) is 5.02 Å². The molecule has 0 aliphatic carbocycles. The average Bonchev–Trinajstić information content (AvgIpc) is 2.97. The van der Waals surface area contributed by atoms with Crippen molar-refractivity contribution in [2.45, 2.75) is 12.5 Å². The number of benzene rings is 2. The zero-order valence-electron chi connectivity index (χ0n) is 11.3. The third-order valence-corrected chi connectivity index (χ3v) is 3.49. The van der Waals surface area contributed by atoms with Gasteiger partial charge in [0.15, 0.2) is 11.5 Å². The second-order valence-corrected chi connectivity index (χ2v) is 5.32. The first-order valence-corrected chi connectivity index (χ1v) is 7.19. The molecule has 2 aromatic carbocycles. The fraction of sp³-hybridized carbons (Fsp3) is 0.250. The van der Waals surface area contributed by atoms with E-state index in [1.54, 1.807) is 30.3 Å². The van der Waals surface area contributed by atoms with Crippen molar-refractivity contribution in [2.24, 2.45) is 0 Å². The van der Waals surface area contributed by atoms with Gasteiger partial charge in [0.2, 0.25) is 0 Å². The molecule has 0 amide bonds. The molecule has 1 aliphatic heterocycles. The summed E-state index contributed by atoms with van der Waals surface area (Å²) in [5, 5.41) is 3.81. The molecule has 3 nitrogen and oxygen atoms in total. The molecule has 0 bridgehead atoms. The van der Waals surface area contributed by atoms with Crippen molar-refractivity contribution in [1.29, 1.82) is 0 Å². The van der Waals surface area contributed by atoms with Gasteiger partial charge in [-0.25, -0.2) is 4.39 Å². The molecule has 3 rings (SSSR count). The van der Waals surface area contributed by atoms with E-state index < -0.39 is 0 Å². The van der Waals surface area contributed by atoms with E-state index in [9.17, 15) is 4.39 Å². The minimum Gasteiger partial charge on any atom is -0.485 e. The van der Waals surface area contributed by atoms with Crippen LogP contribution >= 0.6 is 11.6 Å². The van der Waals surface area contributed by atoms with Gasteiger partial charge in [-0.15, -0.1) is 0 Å². The molecule has 0 radical (unpaired) electrons. The van der Waals surface area contributed by atoms with Crippen LogP contribution in [0.15, 0.2) is 42.5 Å². The number of rotatable bonds is 4. The molecule has 110 valence electrons. The van der Waals surface area contributed by atoms with Gasteiger partial charge in [-0.1, -0.05) is 11.6 Å². The highest BCUT2D eigenvalue weighted by Gasteiger charge is 2.18. The van der Waals surface area contributed by atoms with Gasteiger partial charge in [0.1, 0.15) is 17.7 Å². The molecule has 5 heteroatoms. The molecule has 1 fully saturated rings.